The number of nitrogens with zero attached hydrogens (tertiary/aromatic N) is 2. The molecule has 2 aliphatic heterocycles. The molecule has 0 aliphatic carbocycles. The number of nitrogens with one attached hydrogen (secondary N) is 1. The molecule has 1 amide bonds. The van der Waals surface area contributed by atoms with Crippen LogP contribution in [0.15, 0.2) is 41.3 Å². The molecule has 1 saturated heterocycles. The topological polar surface area (TPSA) is 137 Å². The van der Waals surface area contributed by atoms with Gasteiger partial charge in [-0.25, -0.2) is 8.42 Å². The van der Waals surface area contributed by atoms with Crippen LogP contribution in [-0.2, 0) is 21.4 Å². The molecule has 170 valence electrons. The van der Waals surface area contributed by atoms with Crippen molar-refractivity contribution in [1.82, 2.24) is 9.62 Å². The Morgan fingerprint density at radius 3 is 2.62 bits per heavy atom. The average Bonchev–Trinajstić information content (AvgIpc) is 3.48. The lowest BCUT2D eigenvalue weighted by Crippen LogP contribution is -2.29. The van der Waals surface area contributed by atoms with Gasteiger partial charge in [0.1, 0.15) is 0 Å². The molecule has 1 fully saturated rings. The summed E-state index contributed by atoms with van der Waals surface area (Å²) in [6, 6.07) is 8.68. The highest BCUT2D eigenvalue weighted by Gasteiger charge is 2.30. The number of ether oxygens (including phenoxy) is 3. The van der Waals surface area contributed by atoms with Gasteiger partial charge in [-0.05, 0) is 42.7 Å². The van der Waals surface area contributed by atoms with Crippen molar-refractivity contribution < 1.29 is 32.3 Å². The number of amides is 1. The minimum atomic E-state index is -3.81. The fourth-order valence-corrected chi connectivity index (χ4v) is 4.98. The first-order valence-corrected chi connectivity index (χ1v) is 11.4. The molecule has 12 heteroatoms. The van der Waals surface area contributed by atoms with Crippen LogP contribution in [0.5, 0.6) is 17.2 Å². The molecule has 2 aromatic carbocycles. The predicted octanol–water partition coefficient (Wildman–Crippen LogP) is 1.80. The molecule has 32 heavy (non-hydrogen) atoms. The molecular formula is C20H21N3O8S. The second-order valence-electron chi connectivity index (χ2n) is 7.25. The number of nitro groups is 1. The summed E-state index contributed by atoms with van der Waals surface area (Å²) in [6.45, 7) is 0.656. The summed E-state index contributed by atoms with van der Waals surface area (Å²) in [7, 11) is -3.81. The zero-order valence-electron chi connectivity index (χ0n) is 17.0. The highest BCUT2D eigenvalue weighted by molar-refractivity contribution is 7.89. The Labute approximate surface area is 184 Å². The van der Waals surface area contributed by atoms with Crippen molar-refractivity contribution in [3.8, 4) is 17.2 Å². The number of carbonyl (C=O) groups excluding carboxylic acids is 1. The Morgan fingerprint density at radius 1 is 1.12 bits per heavy atom. The Balaban J connectivity index is 1.39. The predicted molar refractivity (Wildman–Crippen MR) is 111 cm³/mol. The average molecular weight is 463 g/mol. The maximum atomic E-state index is 12.7. The van der Waals surface area contributed by atoms with E-state index in [9.17, 15) is 23.3 Å². The van der Waals surface area contributed by atoms with Gasteiger partial charge in [-0.2, -0.15) is 4.31 Å². The van der Waals surface area contributed by atoms with Gasteiger partial charge in [0.25, 0.3) is 5.91 Å². The largest absolute Gasteiger partial charge is 0.477 e. The first-order valence-electron chi connectivity index (χ1n) is 9.91. The van der Waals surface area contributed by atoms with E-state index >= 15 is 0 Å². The number of benzene rings is 2. The van der Waals surface area contributed by atoms with E-state index in [4.69, 9.17) is 14.2 Å². The standard InChI is InChI=1S/C20H21N3O8S/c24-20(21-11-14-3-5-18-19(9-14)31-13-30-18)12-29-17-6-4-15(10-16(17)23(25)26)32(27,28)22-7-1-2-8-22/h3-6,9-10H,1-2,7-8,11-13H2,(H,21,24). The monoisotopic (exact) mass is 463 g/mol. The molecule has 4 rings (SSSR count). The maximum absolute atomic E-state index is 12.7. The Morgan fingerprint density at radius 2 is 1.88 bits per heavy atom. The van der Waals surface area contributed by atoms with Crippen LogP contribution < -0.4 is 19.5 Å². The number of rotatable bonds is 8. The number of hydrogen-bond donors (Lipinski definition) is 1. The molecule has 0 bridgehead atoms. The van der Waals surface area contributed by atoms with E-state index in [0.29, 0.717) is 24.6 Å². The van der Waals surface area contributed by atoms with Crippen molar-refractivity contribution in [3.05, 3.63) is 52.1 Å². The minimum Gasteiger partial charge on any atom is -0.477 e. The van der Waals surface area contributed by atoms with Gasteiger partial charge in [-0.1, -0.05) is 6.07 Å². The van der Waals surface area contributed by atoms with Crippen molar-refractivity contribution in [2.45, 2.75) is 24.3 Å². The zero-order chi connectivity index (χ0) is 22.7. The number of carbonyl (C=O) groups is 1. The van der Waals surface area contributed by atoms with Gasteiger partial charge in [0.15, 0.2) is 23.9 Å². The molecule has 2 heterocycles. The number of nitro benzene ring substituents is 1. The van der Waals surface area contributed by atoms with Crippen molar-refractivity contribution >= 4 is 21.6 Å². The van der Waals surface area contributed by atoms with Crippen molar-refractivity contribution in [1.29, 1.82) is 0 Å². The SMILES string of the molecule is O=C(COc1ccc(S(=O)(=O)N2CCCC2)cc1[N+](=O)[O-])NCc1ccc2c(c1)OCO2. The number of hydrogen-bond acceptors (Lipinski definition) is 8. The third-order valence-electron chi connectivity index (χ3n) is 5.12. The van der Waals surface area contributed by atoms with E-state index in [2.05, 4.69) is 5.32 Å². The lowest BCUT2D eigenvalue weighted by Gasteiger charge is -2.16. The van der Waals surface area contributed by atoms with Gasteiger partial charge < -0.3 is 19.5 Å². The van der Waals surface area contributed by atoms with Crippen LogP contribution in [-0.4, -0.2) is 50.0 Å². The third-order valence-corrected chi connectivity index (χ3v) is 7.01. The Hall–Kier alpha value is -3.38. The van der Waals surface area contributed by atoms with Gasteiger partial charge in [-0.3, -0.25) is 14.9 Å². The highest BCUT2D eigenvalue weighted by Crippen LogP contribution is 2.33. The van der Waals surface area contributed by atoms with Gasteiger partial charge in [0.05, 0.1) is 9.82 Å². The van der Waals surface area contributed by atoms with E-state index in [1.807, 2.05) is 0 Å². The molecule has 11 nitrogen and oxygen atoms in total. The van der Waals surface area contributed by atoms with Crippen LogP contribution in [0.3, 0.4) is 0 Å². The number of sulfonamides is 1. The fraction of sp³-hybridized carbons (Fsp3) is 0.350. The fourth-order valence-electron chi connectivity index (χ4n) is 3.45. The summed E-state index contributed by atoms with van der Waals surface area (Å²) in [5, 5.41) is 14.1. The van der Waals surface area contributed by atoms with Crippen LogP contribution in [0.25, 0.3) is 0 Å². The molecule has 0 aromatic heterocycles. The molecule has 0 spiro atoms. The van der Waals surface area contributed by atoms with Gasteiger partial charge in [0.2, 0.25) is 16.8 Å². The van der Waals surface area contributed by atoms with Crippen molar-refractivity contribution in [2.24, 2.45) is 0 Å². The lowest BCUT2D eigenvalue weighted by atomic mass is 10.2. The number of fused-ring (bicyclic) bond motifs is 1. The lowest BCUT2D eigenvalue weighted by molar-refractivity contribution is -0.386. The van der Waals surface area contributed by atoms with Crippen molar-refractivity contribution in [2.75, 3.05) is 26.5 Å². The van der Waals surface area contributed by atoms with Crippen LogP contribution in [0.2, 0.25) is 0 Å². The quantitative estimate of drug-likeness (QED) is 0.462. The summed E-state index contributed by atoms with van der Waals surface area (Å²) in [5.74, 6) is 0.540. The highest BCUT2D eigenvalue weighted by atomic mass is 32.2. The second-order valence-corrected chi connectivity index (χ2v) is 9.19. The second kappa shape index (κ2) is 9.01. The van der Waals surface area contributed by atoms with E-state index in [-0.39, 0.29) is 24.0 Å². The van der Waals surface area contributed by atoms with E-state index in [1.54, 1.807) is 18.2 Å². The maximum Gasteiger partial charge on any atom is 0.312 e. The van der Waals surface area contributed by atoms with Crippen LogP contribution >= 0.6 is 0 Å². The van der Waals surface area contributed by atoms with Crippen LogP contribution in [0, 0.1) is 10.1 Å². The summed E-state index contributed by atoms with van der Waals surface area (Å²) in [6.07, 6.45) is 1.51. The summed E-state index contributed by atoms with van der Waals surface area (Å²) in [5.41, 5.74) is 0.263. The minimum absolute atomic E-state index is 0.149. The molecule has 0 atom stereocenters. The normalized spacial score (nSPS) is 15.5. The molecule has 1 N–H and O–H groups in total. The first kappa shape index (κ1) is 21.8. The van der Waals surface area contributed by atoms with E-state index < -0.39 is 33.1 Å². The van der Waals surface area contributed by atoms with Gasteiger partial charge in [-0.15, -0.1) is 0 Å². The zero-order valence-corrected chi connectivity index (χ0v) is 17.8. The molecule has 0 unspecified atom stereocenters. The van der Waals surface area contributed by atoms with E-state index in [0.717, 1.165) is 24.5 Å². The Bertz CT molecular complexity index is 1150. The van der Waals surface area contributed by atoms with Crippen LogP contribution in [0.1, 0.15) is 18.4 Å². The summed E-state index contributed by atoms with van der Waals surface area (Å²) >= 11 is 0. The first-order chi connectivity index (χ1) is 15.3. The van der Waals surface area contributed by atoms with Crippen molar-refractivity contribution in [3.63, 3.8) is 0 Å². The van der Waals surface area contributed by atoms with E-state index in [1.165, 1.54) is 16.4 Å². The molecule has 2 aliphatic rings. The summed E-state index contributed by atoms with van der Waals surface area (Å²) in [4.78, 5) is 22.7. The van der Waals surface area contributed by atoms with Gasteiger partial charge in [0, 0.05) is 25.7 Å². The molecular weight excluding hydrogens is 442 g/mol. The smallest absolute Gasteiger partial charge is 0.312 e. The Kier molecular flexibility index (Phi) is 6.15. The summed E-state index contributed by atoms with van der Waals surface area (Å²) < 4.78 is 42.4. The van der Waals surface area contributed by atoms with Gasteiger partial charge >= 0.3 is 5.69 Å². The third kappa shape index (κ3) is 4.60. The molecule has 0 saturated carbocycles. The van der Waals surface area contributed by atoms with Crippen LogP contribution in [0.4, 0.5) is 5.69 Å². The molecule has 0 radical (unpaired) electrons. The molecule has 2 aromatic rings.